The molecule has 0 radical (unpaired) electrons. The van der Waals surface area contributed by atoms with Gasteiger partial charge in [-0.25, -0.2) is 9.88 Å². The Labute approximate surface area is 109 Å². The van der Waals surface area contributed by atoms with Crippen LogP contribution >= 0.6 is 11.8 Å². The summed E-state index contributed by atoms with van der Waals surface area (Å²) in [5.41, 5.74) is 0.0607. The topological polar surface area (TPSA) is 25.1 Å². The van der Waals surface area contributed by atoms with Gasteiger partial charge in [0.25, 0.3) is 5.56 Å². The van der Waals surface area contributed by atoms with Crippen molar-refractivity contribution in [3.05, 3.63) is 18.3 Å². The number of anilines is 1. The number of thioether (sulfide) groups is 1. The maximum atomic E-state index is 5.77. The van der Waals surface area contributed by atoms with Crippen molar-refractivity contribution >= 4 is 25.7 Å². The molecule has 0 saturated heterocycles. The van der Waals surface area contributed by atoms with Gasteiger partial charge in [-0.3, -0.25) is 0 Å². The molecule has 2 heterocycles. The van der Waals surface area contributed by atoms with Gasteiger partial charge in [0.05, 0.1) is 12.7 Å². The molecule has 3 nitrogen and oxygen atoms in total. The van der Waals surface area contributed by atoms with Gasteiger partial charge >= 0.3 is 5.82 Å². The third kappa shape index (κ3) is 3.16. The van der Waals surface area contributed by atoms with Crippen LogP contribution < -0.4 is 14.6 Å². The molecule has 1 aliphatic heterocycles. The molecule has 1 N–H and O–H groups in total. The number of pyridine rings is 1. The molecule has 1 aromatic heterocycles. The van der Waals surface area contributed by atoms with Crippen LogP contribution in [-0.2, 0) is 6.54 Å². The molecule has 2 rings (SSSR count). The molecule has 0 bridgehead atoms. The summed E-state index contributed by atoms with van der Waals surface area (Å²) in [4.78, 5) is 0. The highest BCUT2D eigenvalue weighted by molar-refractivity contribution is 7.99. The average Bonchev–Trinajstić information content (AvgIpc) is 2.68. The summed E-state index contributed by atoms with van der Waals surface area (Å²) < 4.78 is 8.05. The quantitative estimate of drug-likeness (QED) is 0.672. The largest absolute Gasteiger partial charge is 0.435 e. The molecule has 17 heavy (non-hydrogen) atoms. The zero-order valence-corrected chi connectivity index (χ0v) is 12.8. The van der Waals surface area contributed by atoms with Crippen molar-refractivity contribution in [3.63, 3.8) is 0 Å². The molecule has 0 spiro atoms. The van der Waals surface area contributed by atoms with Crippen molar-refractivity contribution in [1.82, 2.24) is 0 Å². The van der Waals surface area contributed by atoms with E-state index in [-0.39, 0.29) is 5.56 Å². The van der Waals surface area contributed by atoms with Gasteiger partial charge in [-0.1, -0.05) is 31.4 Å². The molecule has 0 aliphatic carbocycles. The van der Waals surface area contributed by atoms with Crippen molar-refractivity contribution < 1.29 is 9.30 Å². The van der Waals surface area contributed by atoms with Gasteiger partial charge in [-0.2, -0.15) is 0 Å². The highest BCUT2D eigenvalue weighted by atomic mass is 32.2. The first-order valence-corrected chi connectivity index (χ1v) is 11.0. The Hall–Kier alpha value is -0.683. The molecular weight excluding hydrogens is 248 g/mol. The van der Waals surface area contributed by atoms with Crippen LogP contribution in [0.15, 0.2) is 18.3 Å². The van der Waals surface area contributed by atoms with Crippen LogP contribution in [0.3, 0.4) is 0 Å². The predicted molar refractivity (Wildman–Crippen MR) is 76.3 cm³/mol. The van der Waals surface area contributed by atoms with Gasteiger partial charge in [0.1, 0.15) is 0 Å². The van der Waals surface area contributed by atoms with E-state index in [9.17, 15) is 0 Å². The first kappa shape index (κ1) is 12.8. The molecule has 1 unspecified atom stereocenters. The normalized spacial score (nSPS) is 18.5. The van der Waals surface area contributed by atoms with E-state index in [1.165, 1.54) is 6.04 Å². The lowest BCUT2D eigenvalue weighted by Gasteiger charge is -2.14. The Kier molecular flexibility index (Phi) is 3.68. The van der Waals surface area contributed by atoms with Crippen molar-refractivity contribution in [2.24, 2.45) is 0 Å². The molecule has 0 amide bonds. The van der Waals surface area contributed by atoms with Crippen molar-refractivity contribution in [2.45, 2.75) is 37.8 Å². The summed E-state index contributed by atoms with van der Waals surface area (Å²) in [6.45, 7) is 8.30. The zero-order chi connectivity index (χ0) is 12.5. The number of aromatic nitrogens is 1. The van der Waals surface area contributed by atoms with Crippen molar-refractivity contribution in [3.8, 4) is 5.75 Å². The van der Waals surface area contributed by atoms with E-state index in [0.29, 0.717) is 0 Å². The van der Waals surface area contributed by atoms with Gasteiger partial charge in [-0.05, 0) is 24.4 Å². The van der Waals surface area contributed by atoms with Gasteiger partial charge in [0.2, 0.25) is 5.75 Å². The molecule has 0 fully saturated rings. The number of fused-ring (bicyclic) bond motifs is 1. The Balaban J connectivity index is 2.13. The number of rotatable bonds is 4. The fourth-order valence-corrected chi connectivity index (χ4v) is 3.13. The summed E-state index contributed by atoms with van der Waals surface area (Å²) in [5.74, 6) is 2.10. The van der Waals surface area contributed by atoms with Crippen LogP contribution in [0.5, 0.6) is 5.75 Å². The minimum absolute atomic E-state index is 0.0607. The molecule has 5 heteroatoms. The second kappa shape index (κ2) is 4.90. The Morgan fingerprint density at radius 1 is 1.47 bits per heavy atom. The maximum Gasteiger partial charge on any atom is 0.321 e. The van der Waals surface area contributed by atoms with E-state index in [0.717, 1.165) is 18.1 Å². The minimum atomic E-state index is -0.993. The third-order valence-electron chi connectivity index (χ3n) is 2.84. The Bertz CT molecular complexity index is 406. The molecule has 1 aromatic rings. The number of nitrogens with one attached hydrogen (secondary N) is 1. The smallest absolute Gasteiger partial charge is 0.321 e. The highest BCUT2D eigenvalue weighted by Crippen LogP contribution is 2.31. The van der Waals surface area contributed by atoms with Crippen LogP contribution in [0, 0.1) is 0 Å². The van der Waals surface area contributed by atoms with Crippen molar-refractivity contribution in [2.75, 3.05) is 11.6 Å². The maximum absolute atomic E-state index is 5.77. The summed E-state index contributed by atoms with van der Waals surface area (Å²) in [5, 5.41) is 3.41. The number of nitrogens with zero attached hydrogens (tertiary/aromatic N) is 1. The number of ether oxygens (including phenoxy) is 1. The van der Waals surface area contributed by atoms with Crippen LogP contribution in [0.1, 0.15) is 0 Å². The molecule has 1 atom stereocenters. The fraction of sp³-hybridized carbons (Fsp3) is 0.583. The summed E-state index contributed by atoms with van der Waals surface area (Å²) in [7, 11) is -0.993. The highest BCUT2D eigenvalue weighted by Gasteiger charge is 2.31. The molecular formula is C12H21N2OSSi+. The number of aryl methyl sites for hydroxylation is 1. The van der Waals surface area contributed by atoms with Crippen LogP contribution in [-0.4, -0.2) is 19.9 Å². The summed E-state index contributed by atoms with van der Waals surface area (Å²) in [6, 6.07) is 5.39. The van der Waals surface area contributed by atoms with E-state index >= 15 is 0 Å². The van der Waals surface area contributed by atoms with Gasteiger partial charge in [0, 0.05) is 8.07 Å². The number of hydrogen-bond donors (Lipinski definition) is 1. The lowest BCUT2D eigenvalue weighted by Crippen LogP contribution is -2.39. The SMILES string of the molecule is CSC1Nc2c(ccc[n+]2CC[Si](C)(C)C)O1. The van der Waals surface area contributed by atoms with Crippen molar-refractivity contribution in [1.29, 1.82) is 0 Å². The van der Waals surface area contributed by atoms with E-state index in [1.807, 2.05) is 6.07 Å². The van der Waals surface area contributed by atoms with E-state index in [2.05, 4.69) is 48.0 Å². The minimum Gasteiger partial charge on any atom is -0.435 e. The first-order valence-electron chi connectivity index (χ1n) is 5.98. The van der Waals surface area contributed by atoms with Gasteiger partial charge in [0.15, 0.2) is 0 Å². The Morgan fingerprint density at radius 2 is 2.24 bits per heavy atom. The zero-order valence-electron chi connectivity index (χ0n) is 11.0. The molecule has 94 valence electrons. The molecule has 0 aromatic carbocycles. The number of hydrogen-bond acceptors (Lipinski definition) is 3. The second-order valence-electron chi connectivity index (χ2n) is 5.55. The Morgan fingerprint density at radius 3 is 2.88 bits per heavy atom. The molecule has 0 saturated carbocycles. The predicted octanol–water partition coefficient (Wildman–Crippen LogP) is 2.76. The standard InChI is InChI=1S/C12H20N2OSSi/c1-16-12-13-11-10(15-12)6-5-7-14(11)8-9-17(2,3)4/h5-7,12H,8-9H2,1-4H3/p+1. The molecule has 1 aliphatic rings. The average molecular weight is 269 g/mol. The van der Waals surface area contributed by atoms with E-state index in [4.69, 9.17) is 4.74 Å². The lowest BCUT2D eigenvalue weighted by atomic mass is 10.4. The monoisotopic (exact) mass is 269 g/mol. The fourth-order valence-electron chi connectivity index (χ4n) is 1.78. The van der Waals surface area contributed by atoms with E-state index < -0.39 is 8.07 Å². The van der Waals surface area contributed by atoms with Crippen LogP contribution in [0.25, 0.3) is 0 Å². The second-order valence-corrected chi connectivity index (χ2v) is 12.1. The van der Waals surface area contributed by atoms with Gasteiger partial charge < -0.3 is 4.74 Å². The van der Waals surface area contributed by atoms with E-state index in [1.54, 1.807) is 11.8 Å². The van der Waals surface area contributed by atoms with Gasteiger partial charge in [-0.15, -0.1) is 0 Å². The third-order valence-corrected chi connectivity index (χ3v) is 5.21. The van der Waals surface area contributed by atoms with Crippen LogP contribution in [0.2, 0.25) is 25.7 Å². The summed E-state index contributed by atoms with van der Waals surface area (Å²) in [6.07, 6.45) is 4.19. The van der Waals surface area contributed by atoms with Crippen LogP contribution in [0.4, 0.5) is 5.82 Å². The lowest BCUT2D eigenvalue weighted by molar-refractivity contribution is -0.679. The first-order chi connectivity index (χ1) is 7.99. The summed E-state index contributed by atoms with van der Waals surface area (Å²) >= 11 is 1.68.